The summed E-state index contributed by atoms with van der Waals surface area (Å²) in [5.41, 5.74) is -1.96. The average molecular weight is 368 g/mol. The predicted octanol–water partition coefficient (Wildman–Crippen LogP) is 1.89. The smallest absolute Gasteiger partial charge is 0.328 e. The highest BCUT2D eigenvalue weighted by atomic mass is 19.4. The van der Waals surface area contributed by atoms with Crippen molar-refractivity contribution in [2.45, 2.75) is 13.1 Å². The van der Waals surface area contributed by atoms with Crippen molar-refractivity contribution in [3.63, 3.8) is 0 Å². The maximum atomic E-state index is 13.0. The minimum absolute atomic E-state index is 0.0880. The number of hydrogen-bond donors (Lipinski definition) is 2. The highest BCUT2D eigenvalue weighted by Gasteiger charge is 2.33. The van der Waals surface area contributed by atoms with Crippen LogP contribution >= 0.6 is 0 Å². The number of amides is 2. The molecule has 0 atom stereocenters. The van der Waals surface area contributed by atoms with E-state index in [2.05, 4.69) is 15.5 Å². The molecule has 1 aromatic heterocycles. The number of para-hydroxylation sites is 1. The van der Waals surface area contributed by atoms with Gasteiger partial charge in [-0.05, 0) is 25.1 Å². The lowest BCUT2D eigenvalue weighted by atomic mass is 10.1. The summed E-state index contributed by atoms with van der Waals surface area (Å²) in [5.74, 6) is -1.43. The molecule has 26 heavy (non-hydrogen) atoms. The Morgan fingerprint density at radius 1 is 1.19 bits per heavy atom. The van der Waals surface area contributed by atoms with E-state index in [-0.39, 0.29) is 12.2 Å². The van der Waals surface area contributed by atoms with E-state index in [0.29, 0.717) is 0 Å². The van der Waals surface area contributed by atoms with Crippen molar-refractivity contribution in [3.05, 3.63) is 58.0 Å². The van der Waals surface area contributed by atoms with E-state index in [0.717, 1.165) is 23.1 Å². The average Bonchev–Trinajstić information content (AvgIpc) is 2.59. The van der Waals surface area contributed by atoms with Crippen LogP contribution in [-0.4, -0.2) is 40.0 Å². The highest BCUT2D eigenvalue weighted by molar-refractivity contribution is 5.98. The van der Waals surface area contributed by atoms with Crippen molar-refractivity contribution in [3.8, 4) is 0 Å². The van der Waals surface area contributed by atoms with Gasteiger partial charge in [-0.1, -0.05) is 12.1 Å². The van der Waals surface area contributed by atoms with Crippen LogP contribution in [0.2, 0.25) is 0 Å². The number of likely N-dealkylation sites (N-methyl/N-ethyl adjacent to an activating group) is 1. The van der Waals surface area contributed by atoms with Crippen molar-refractivity contribution in [1.82, 2.24) is 15.1 Å². The van der Waals surface area contributed by atoms with Crippen LogP contribution in [0, 0.1) is 0 Å². The Balaban J connectivity index is 2.12. The molecule has 10 heteroatoms. The van der Waals surface area contributed by atoms with Gasteiger partial charge in [0.15, 0.2) is 0 Å². The zero-order valence-electron chi connectivity index (χ0n) is 13.6. The Morgan fingerprint density at radius 2 is 1.88 bits per heavy atom. The van der Waals surface area contributed by atoms with Crippen molar-refractivity contribution in [2.75, 3.05) is 18.4 Å². The summed E-state index contributed by atoms with van der Waals surface area (Å²) >= 11 is 0. The number of aromatic nitrogens is 2. The molecule has 0 saturated carbocycles. The number of aromatic amines is 1. The summed E-state index contributed by atoms with van der Waals surface area (Å²) in [7, 11) is 0. The molecule has 0 unspecified atom stereocenters. The normalized spacial score (nSPS) is 11.1. The van der Waals surface area contributed by atoms with Gasteiger partial charge in [0.25, 0.3) is 11.5 Å². The summed E-state index contributed by atoms with van der Waals surface area (Å²) in [4.78, 5) is 36.5. The maximum Gasteiger partial charge on any atom is 0.418 e. The molecule has 0 aliphatic heterocycles. The van der Waals surface area contributed by atoms with E-state index in [1.807, 2.05) is 0 Å². The van der Waals surface area contributed by atoms with Crippen molar-refractivity contribution in [1.29, 1.82) is 0 Å². The maximum absolute atomic E-state index is 13.0. The largest absolute Gasteiger partial charge is 0.418 e. The Kier molecular flexibility index (Phi) is 5.75. The number of halogens is 3. The standard InChI is InChI=1S/C16H15F3N4O3/c1-2-23(15(26)12-7-8-13(24)22-21-12)9-14(25)20-11-6-4-3-5-10(11)16(17,18)19/h3-8H,2,9H2,1H3,(H,20,25)(H,22,24). The van der Waals surface area contributed by atoms with Gasteiger partial charge in [0.05, 0.1) is 11.3 Å². The van der Waals surface area contributed by atoms with Gasteiger partial charge >= 0.3 is 6.18 Å². The number of H-pyrrole nitrogens is 1. The third-order valence-corrected chi connectivity index (χ3v) is 3.41. The molecule has 7 nitrogen and oxygen atoms in total. The Bertz CT molecular complexity index is 844. The lowest BCUT2D eigenvalue weighted by molar-refractivity contribution is -0.137. The number of anilines is 1. The monoisotopic (exact) mass is 368 g/mol. The number of hydrogen-bond acceptors (Lipinski definition) is 4. The zero-order valence-corrected chi connectivity index (χ0v) is 13.6. The summed E-state index contributed by atoms with van der Waals surface area (Å²) in [6, 6.07) is 6.85. The topological polar surface area (TPSA) is 95.2 Å². The van der Waals surface area contributed by atoms with Crippen LogP contribution < -0.4 is 10.9 Å². The fourth-order valence-electron chi connectivity index (χ4n) is 2.16. The van der Waals surface area contributed by atoms with Gasteiger partial charge in [-0.2, -0.15) is 18.3 Å². The van der Waals surface area contributed by atoms with Gasteiger partial charge in [0.2, 0.25) is 5.91 Å². The van der Waals surface area contributed by atoms with Gasteiger partial charge in [-0.25, -0.2) is 5.10 Å². The Morgan fingerprint density at radius 3 is 2.46 bits per heavy atom. The van der Waals surface area contributed by atoms with E-state index >= 15 is 0 Å². The van der Waals surface area contributed by atoms with Crippen LogP contribution in [0.1, 0.15) is 23.0 Å². The molecule has 0 spiro atoms. The van der Waals surface area contributed by atoms with Crippen LogP contribution in [0.3, 0.4) is 0 Å². The molecule has 0 fully saturated rings. The lowest BCUT2D eigenvalue weighted by Gasteiger charge is -2.20. The first-order valence-electron chi connectivity index (χ1n) is 7.53. The fourth-order valence-corrected chi connectivity index (χ4v) is 2.16. The molecule has 2 aromatic rings. The number of rotatable bonds is 5. The highest BCUT2D eigenvalue weighted by Crippen LogP contribution is 2.34. The molecule has 2 rings (SSSR count). The third kappa shape index (κ3) is 4.68. The third-order valence-electron chi connectivity index (χ3n) is 3.41. The molecule has 138 valence electrons. The van der Waals surface area contributed by atoms with Gasteiger partial charge in [-0.3, -0.25) is 14.4 Å². The predicted molar refractivity (Wildman–Crippen MR) is 86.5 cm³/mol. The second-order valence-corrected chi connectivity index (χ2v) is 5.22. The Hall–Kier alpha value is -3.17. The minimum Gasteiger partial charge on any atom is -0.328 e. The number of alkyl halides is 3. The van der Waals surface area contributed by atoms with Gasteiger partial charge < -0.3 is 10.2 Å². The molecule has 1 aromatic carbocycles. The molecule has 0 bridgehead atoms. The van der Waals surface area contributed by atoms with Crippen molar-refractivity contribution in [2.24, 2.45) is 0 Å². The fraction of sp³-hybridized carbons (Fsp3) is 0.250. The second kappa shape index (κ2) is 7.81. The number of nitrogens with one attached hydrogen (secondary N) is 2. The summed E-state index contributed by atoms with van der Waals surface area (Å²) < 4.78 is 38.9. The van der Waals surface area contributed by atoms with E-state index in [1.54, 1.807) is 6.92 Å². The SMILES string of the molecule is CCN(CC(=O)Nc1ccccc1C(F)(F)F)C(=O)c1ccc(=O)[nH]n1. The molecule has 0 saturated heterocycles. The number of carbonyl (C=O) groups excluding carboxylic acids is 2. The molecule has 2 amide bonds. The number of benzene rings is 1. The molecular formula is C16H15F3N4O3. The quantitative estimate of drug-likeness (QED) is 0.843. The molecule has 1 heterocycles. The Labute approximate surface area is 145 Å². The van der Waals surface area contributed by atoms with Crippen molar-refractivity contribution >= 4 is 17.5 Å². The van der Waals surface area contributed by atoms with Crippen LogP contribution in [0.4, 0.5) is 18.9 Å². The van der Waals surface area contributed by atoms with E-state index in [9.17, 15) is 27.6 Å². The van der Waals surface area contributed by atoms with Gasteiger partial charge in [0.1, 0.15) is 12.2 Å². The van der Waals surface area contributed by atoms with E-state index < -0.39 is 41.3 Å². The zero-order chi connectivity index (χ0) is 19.3. The molecule has 0 aliphatic carbocycles. The van der Waals surface area contributed by atoms with Crippen LogP contribution in [-0.2, 0) is 11.0 Å². The summed E-state index contributed by atoms with van der Waals surface area (Å²) in [6.45, 7) is 1.25. The first kappa shape index (κ1) is 19.2. The van der Waals surface area contributed by atoms with Crippen molar-refractivity contribution < 1.29 is 22.8 Å². The number of carbonyl (C=O) groups is 2. The molecular weight excluding hydrogens is 353 g/mol. The number of nitrogens with zero attached hydrogens (tertiary/aromatic N) is 2. The van der Waals surface area contributed by atoms with Gasteiger partial charge in [-0.15, -0.1) is 0 Å². The molecule has 0 radical (unpaired) electrons. The van der Waals surface area contributed by atoms with E-state index in [4.69, 9.17) is 0 Å². The second-order valence-electron chi connectivity index (χ2n) is 5.22. The molecule has 2 N–H and O–H groups in total. The lowest BCUT2D eigenvalue weighted by Crippen LogP contribution is -2.38. The van der Waals surface area contributed by atoms with Crippen LogP contribution in [0.25, 0.3) is 0 Å². The van der Waals surface area contributed by atoms with Crippen LogP contribution in [0.15, 0.2) is 41.2 Å². The summed E-state index contributed by atoms with van der Waals surface area (Å²) in [5, 5.41) is 7.84. The minimum atomic E-state index is -4.62. The van der Waals surface area contributed by atoms with Crippen LogP contribution in [0.5, 0.6) is 0 Å². The first-order valence-corrected chi connectivity index (χ1v) is 7.53. The first-order chi connectivity index (χ1) is 12.2. The van der Waals surface area contributed by atoms with Gasteiger partial charge in [0, 0.05) is 12.6 Å². The summed E-state index contributed by atoms with van der Waals surface area (Å²) in [6.07, 6.45) is -4.62. The van der Waals surface area contributed by atoms with E-state index in [1.165, 1.54) is 18.2 Å². The molecule has 0 aliphatic rings.